The summed E-state index contributed by atoms with van der Waals surface area (Å²) < 4.78 is 5.95. The van der Waals surface area contributed by atoms with Crippen molar-refractivity contribution in [2.24, 2.45) is 0 Å². The van der Waals surface area contributed by atoms with E-state index in [0.717, 1.165) is 4.57 Å². The van der Waals surface area contributed by atoms with Gasteiger partial charge in [-0.25, -0.2) is 19.1 Å². The number of carbonyl (C=O) groups is 2. The molecule has 7 nitrogen and oxygen atoms in total. The molecule has 1 atom stereocenters. The zero-order chi connectivity index (χ0) is 14.7. The number of nitrogens with one attached hydrogen (secondary N) is 1. The summed E-state index contributed by atoms with van der Waals surface area (Å²) in [7, 11) is 0. The Bertz CT molecular complexity index is 650. The molecule has 106 valence electrons. The van der Waals surface area contributed by atoms with Gasteiger partial charge in [0.15, 0.2) is 0 Å². The van der Waals surface area contributed by atoms with Gasteiger partial charge in [0.25, 0.3) is 0 Å². The number of amides is 1. The Balaban J connectivity index is 2.32. The zero-order valence-corrected chi connectivity index (χ0v) is 11.2. The standard InChI is InChI=1S/C13H15N3O4/c1-3-8(2)20-12(17)15-11-14-9-6-4-5-7-10(9)16(11)13(18)19/h4-8H,3H2,1-2H3,(H,18,19)(H,14,15,17). The summed E-state index contributed by atoms with van der Waals surface area (Å²) in [6.45, 7) is 3.63. The van der Waals surface area contributed by atoms with E-state index in [-0.39, 0.29) is 12.1 Å². The minimum absolute atomic E-state index is 0.0768. The molecule has 1 aromatic carbocycles. The quantitative estimate of drug-likeness (QED) is 0.899. The Kier molecular flexibility index (Phi) is 3.88. The van der Waals surface area contributed by atoms with E-state index in [2.05, 4.69) is 10.3 Å². The zero-order valence-electron chi connectivity index (χ0n) is 11.2. The van der Waals surface area contributed by atoms with Gasteiger partial charge < -0.3 is 9.84 Å². The van der Waals surface area contributed by atoms with Crippen LogP contribution in [0.3, 0.4) is 0 Å². The van der Waals surface area contributed by atoms with E-state index >= 15 is 0 Å². The molecule has 0 aliphatic heterocycles. The number of rotatable bonds is 3. The number of hydrogen-bond acceptors (Lipinski definition) is 4. The van der Waals surface area contributed by atoms with Gasteiger partial charge in [0.2, 0.25) is 5.95 Å². The van der Waals surface area contributed by atoms with E-state index in [1.807, 2.05) is 6.92 Å². The second-order valence-electron chi connectivity index (χ2n) is 4.29. The number of aromatic nitrogens is 2. The van der Waals surface area contributed by atoms with Crippen molar-refractivity contribution >= 4 is 29.2 Å². The number of para-hydroxylation sites is 2. The van der Waals surface area contributed by atoms with Crippen molar-refractivity contribution in [2.45, 2.75) is 26.4 Å². The van der Waals surface area contributed by atoms with E-state index in [1.54, 1.807) is 31.2 Å². The molecule has 2 aromatic rings. The summed E-state index contributed by atoms with van der Waals surface area (Å²) in [5, 5.41) is 11.6. The lowest BCUT2D eigenvalue weighted by molar-refractivity contribution is 0.118. The predicted octanol–water partition coefficient (Wildman–Crippen LogP) is 2.91. The molecule has 0 aliphatic carbocycles. The maximum absolute atomic E-state index is 11.7. The fourth-order valence-corrected chi connectivity index (χ4v) is 1.69. The summed E-state index contributed by atoms with van der Waals surface area (Å²) >= 11 is 0. The summed E-state index contributed by atoms with van der Waals surface area (Å²) in [4.78, 5) is 27.0. The highest BCUT2D eigenvalue weighted by Gasteiger charge is 2.18. The minimum atomic E-state index is -1.22. The average Bonchev–Trinajstić information content (AvgIpc) is 2.75. The molecule has 1 unspecified atom stereocenters. The molecule has 1 amide bonds. The van der Waals surface area contributed by atoms with Crippen molar-refractivity contribution in [3.05, 3.63) is 24.3 Å². The van der Waals surface area contributed by atoms with Crippen LogP contribution in [0.15, 0.2) is 24.3 Å². The van der Waals surface area contributed by atoms with Crippen LogP contribution in [-0.4, -0.2) is 32.9 Å². The second-order valence-corrected chi connectivity index (χ2v) is 4.29. The molecule has 0 fully saturated rings. The largest absolute Gasteiger partial charge is 0.464 e. The van der Waals surface area contributed by atoms with Crippen molar-refractivity contribution in [1.29, 1.82) is 0 Å². The molecular weight excluding hydrogens is 262 g/mol. The van der Waals surface area contributed by atoms with Gasteiger partial charge in [-0.2, -0.15) is 0 Å². The lowest BCUT2D eigenvalue weighted by atomic mass is 10.3. The average molecular weight is 277 g/mol. The number of anilines is 1. The molecule has 2 rings (SSSR count). The lowest BCUT2D eigenvalue weighted by Gasteiger charge is -2.11. The molecule has 1 aromatic heterocycles. The van der Waals surface area contributed by atoms with Crippen LogP contribution in [0.5, 0.6) is 0 Å². The first-order valence-electron chi connectivity index (χ1n) is 6.21. The highest BCUT2D eigenvalue weighted by atomic mass is 16.6. The lowest BCUT2D eigenvalue weighted by Crippen LogP contribution is -2.23. The number of benzene rings is 1. The summed E-state index contributed by atoms with van der Waals surface area (Å²) in [6.07, 6.45) is -1.53. The Labute approximate surface area is 115 Å². The van der Waals surface area contributed by atoms with Gasteiger partial charge >= 0.3 is 12.2 Å². The van der Waals surface area contributed by atoms with Gasteiger partial charge in [0.05, 0.1) is 11.0 Å². The number of nitrogens with zero attached hydrogens (tertiary/aromatic N) is 2. The van der Waals surface area contributed by atoms with Gasteiger partial charge in [-0.05, 0) is 25.5 Å². The van der Waals surface area contributed by atoms with Crippen molar-refractivity contribution < 1.29 is 19.4 Å². The smallest absolute Gasteiger partial charge is 0.418 e. The van der Waals surface area contributed by atoms with Gasteiger partial charge in [0.1, 0.15) is 6.10 Å². The highest BCUT2D eigenvalue weighted by Crippen LogP contribution is 2.19. The Morgan fingerprint density at radius 3 is 2.80 bits per heavy atom. The first-order chi connectivity index (χ1) is 9.52. The van der Waals surface area contributed by atoms with E-state index in [4.69, 9.17) is 4.74 Å². The maximum atomic E-state index is 11.7. The van der Waals surface area contributed by atoms with Gasteiger partial charge in [-0.15, -0.1) is 0 Å². The van der Waals surface area contributed by atoms with Crippen molar-refractivity contribution in [3.63, 3.8) is 0 Å². The Hall–Kier alpha value is -2.57. The van der Waals surface area contributed by atoms with Crippen LogP contribution in [0.2, 0.25) is 0 Å². The third kappa shape index (κ3) is 2.71. The van der Waals surface area contributed by atoms with Crippen LogP contribution in [0, 0.1) is 0 Å². The molecule has 2 N–H and O–H groups in total. The first kappa shape index (κ1) is 13.9. The van der Waals surface area contributed by atoms with Crippen LogP contribution < -0.4 is 5.32 Å². The molecule has 0 aliphatic rings. The van der Waals surface area contributed by atoms with Crippen molar-refractivity contribution in [3.8, 4) is 0 Å². The highest BCUT2D eigenvalue weighted by molar-refractivity contribution is 5.93. The molecule has 0 saturated carbocycles. The number of imidazole rings is 1. The van der Waals surface area contributed by atoms with E-state index in [0.29, 0.717) is 17.5 Å². The van der Waals surface area contributed by atoms with Gasteiger partial charge in [-0.1, -0.05) is 19.1 Å². The number of hydrogen-bond donors (Lipinski definition) is 2. The summed E-state index contributed by atoms with van der Waals surface area (Å²) in [5.74, 6) is -0.0768. The molecule has 0 radical (unpaired) electrons. The number of carbonyl (C=O) groups excluding carboxylic acids is 1. The number of carboxylic acid groups (broad SMARTS) is 1. The van der Waals surface area contributed by atoms with Crippen LogP contribution in [0.4, 0.5) is 15.5 Å². The minimum Gasteiger partial charge on any atom is -0.464 e. The molecule has 0 bridgehead atoms. The fraction of sp³-hybridized carbons (Fsp3) is 0.308. The van der Waals surface area contributed by atoms with Crippen LogP contribution >= 0.6 is 0 Å². The molecule has 0 spiro atoms. The molecular formula is C13H15N3O4. The SMILES string of the molecule is CCC(C)OC(=O)Nc1nc2ccccc2n1C(=O)O. The molecule has 1 heterocycles. The molecule has 0 saturated heterocycles. The van der Waals surface area contributed by atoms with Gasteiger partial charge in [-0.3, -0.25) is 5.32 Å². The van der Waals surface area contributed by atoms with Crippen LogP contribution in [-0.2, 0) is 4.74 Å². The fourth-order valence-electron chi connectivity index (χ4n) is 1.69. The number of ether oxygens (including phenoxy) is 1. The third-order valence-corrected chi connectivity index (χ3v) is 2.85. The van der Waals surface area contributed by atoms with Crippen LogP contribution in [0.25, 0.3) is 11.0 Å². The Morgan fingerprint density at radius 2 is 2.15 bits per heavy atom. The first-order valence-corrected chi connectivity index (χ1v) is 6.21. The third-order valence-electron chi connectivity index (χ3n) is 2.85. The van der Waals surface area contributed by atoms with Crippen molar-refractivity contribution in [2.75, 3.05) is 5.32 Å². The van der Waals surface area contributed by atoms with Crippen molar-refractivity contribution in [1.82, 2.24) is 9.55 Å². The monoisotopic (exact) mass is 277 g/mol. The summed E-state index contributed by atoms with van der Waals surface area (Å²) in [5.41, 5.74) is 0.882. The van der Waals surface area contributed by atoms with Crippen LogP contribution in [0.1, 0.15) is 20.3 Å². The summed E-state index contributed by atoms with van der Waals surface area (Å²) in [6, 6.07) is 6.72. The van der Waals surface area contributed by atoms with E-state index in [1.165, 1.54) is 0 Å². The topological polar surface area (TPSA) is 93.5 Å². The van der Waals surface area contributed by atoms with E-state index < -0.39 is 12.2 Å². The Morgan fingerprint density at radius 1 is 1.45 bits per heavy atom. The molecule has 7 heteroatoms. The normalized spacial score (nSPS) is 12.1. The van der Waals surface area contributed by atoms with Gasteiger partial charge in [0, 0.05) is 0 Å². The molecule has 20 heavy (non-hydrogen) atoms. The number of fused-ring (bicyclic) bond motifs is 1. The maximum Gasteiger partial charge on any atom is 0.418 e. The second kappa shape index (κ2) is 5.60. The van der Waals surface area contributed by atoms with E-state index in [9.17, 15) is 14.7 Å². The predicted molar refractivity (Wildman–Crippen MR) is 73.0 cm³/mol.